The predicted molar refractivity (Wildman–Crippen MR) is 45.3 cm³/mol. The molecule has 0 amide bonds. The molecule has 0 unspecified atom stereocenters. The highest BCUT2D eigenvalue weighted by Gasteiger charge is 2.16. The quantitative estimate of drug-likeness (QED) is 0.698. The molecular weight excluding hydrogens is 178 g/mol. The second kappa shape index (κ2) is 2.78. The van der Waals surface area contributed by atoms with Crippen LogP contribution >= 0.6 is 0 Å². The van der Waals surface area contributed by atoms with Crippen molar-refractivity contribution in [1.29, 1.82) is 0 Å². The van der Waals surface area contributed by atoms with Crippen LogP contribution < -0.4 is 5.73 Å². The number of hydrogen-bond donors (Lipinski definition) is 1. The fraction of sp³-hybridized carbons (Fsp3) is 0.500. The maximum atomic E-state index is 11.3. The second-order valence-corrected chi connectivity index (χ2v) is 4.66. The van der Waals surface area contributed by atoms with E-state index in [1.54, 1.807) is 14.0 Å². The molecule has 0 aliphatic rings. The lowest BCUT2D eigenvalue weighted by molar-refractivity contribution is 0.578. The van der Waals surface area contributed by atoms with Gasteiger partial charge in [-0.25, -0.2) is 8.42 Å². The van der Waals surface area contributed by atoms with Gasteiger partial charge in [-0.05, 0) is 0 Å². The van der Waals surface area contributed by atoms with E-state index < -0.39 is 9.84 Å². The van der Waals surface area contributed by atoms with Gasteiger partial charge in [-0.15, -0.1) is 0 Å². The van der Waals surface area contributed by atoms with Gasteiger partial charge in [0.2, 0.25) is 0 Å². The van der Waals surface area contributed by atoms with E-state index in [2.05, 4.69) is 5.10 Å². The third-order valence-electron chi connectivity index (χ3n) is 1.55. The Bertz CT molecular complexity index is 379. The first-order chi connectivity index (χ1) is 5.47. The maximum absolute atomic E-state index is 11.3. The van der Waals surface area contributed by atoms with Gasteiger partial charge in [0.05, 0.1) is 5.75 Å². The molecule has 0 radical (unpaired) electrons. The average molecular weight is 189 g/mol. The Morgan fingerprint density at radius 3 is 2.58 bits per heavy atom. The van der Waals surface area contributed by atoms with Gasteiger partial charge in [-0.2, -0.15) is 5.10 Å². The van der Waals surface area contributed by atoms with Gasteiger partial charge < -0.3 is 5.73 Å². The monoisotopic (exact) mass is 189 g/mol. The minimum absolute atomic E-state index is 0.0615. The van der Waals surface area contributed by atoms with Crippen molar-refractivity contribution in [3.05, 3.63) is 6.07 Å². The van der Waals surface area contributed by atoms with Gasteiger partial charge in [-0.3, -0.25) is 4.68 Å². The molecule has 5 nitrogen and oxygen atoms in total. The normalized spacial score (nSPS) is 11.8. The molecule has 0 aliphatic heterocycles. The molecule has 0 fully saturated rings. The van der Waals surface area contributed by atoms with Crippen LogP contribution in [-0.2, 0) is 16.9 Å². The Labute approximate surface area is 71.1 Å². The zero-order valence-electron chi connectivity index (χ0n) is 6.98. The molecule has 1 aromatic heterocycles. The summed E-state index contributed by atoms with van der Waals surface area (Å²) in [6.45, 7) is 1.58. The molecule has 0 aromatic carbocycles. The van der Waals surface area contributed by atoms with Crippen molar-refractivity contribution < 1.29 is 8.42 Å². The molecule has 0 bridgehead atoms. The highest BCUT2D eigenvalue weighted by molar-refractivity contribution is 7.91. The summed E-state index contributed by atoms with van der Waals surface area (Å²) >= 11 is 0. The summed E-state index contributed by atoms with van der Waals surface area (Å²) in [6, 6.07) is 1.36. The van der Waals surface area contributed by atoms with E-state index in [4.69, 9.17) is 5.73 Å². The largest absolute Gasteiger partial charge is 0.382 e. The van der Waals surface area contributed by atoms with Gasteiger partial charge in [0.25, 0.3) is 0 Å². The van der Waals surface area contributed by atoms with Crippen LogP contribution in [0.2, 0.25) is 0 Å². The van der Waals surface area contributed by atoms with Crippen molar-refractivity contribution in [3.8, 4) is 0 Å². The first-order valence-corrected chi connectivity index (χ1v) is 5.15. The molecular formula is C6H11N3O2S. The molecule has 6 heteroatoms. The minimum Gasteiger partial charge on any atom is -0.382 e. The van der Waals surface area contributed by atoms with Gasteiger partial charge in [0, 0.05) is 13.1 Å². The molecule has 1 heterocycles. The summed E-state index contributed by atoms with van der Waals surface area (Å²) in [5.41, 5.74) is 5.33. The highest BCUT2D eigenvalue weighted by atomic mass is 32.2. The van der Waals surface area contributed by atoms with Crippen molar-refractivity contribution in [2.75, 3.05) is 11.5 Å². The summed E-state index contributed by atoms with van der Waals surface area (Å²) in [5, 5.41) is 3.91. The number of nitrogen functional groups attached to an aromatic ring is 1. The van der Waals surface area contributed by atoms with Crippen molar-refractivity contribution in [3.63, 3.8) is 0 Å². The Hall–Kier alpha value is -1.04. The summed E-state index contributed by atoms with van der Waals surface area (Å²) in [4.78, 5) is 0. The number of anilines is 1. The Morgan fingerprint density at radius 2 is 2.25 bits per heavy atom. The van der Waals surface area contributed by atoms with Crippen LogP contribution in [0.5, 0.6) is 0 Å². The van der Waals surface area contributed by atoms with Gasteiger partial charge in [-0.1, -0.05) is 6.92 Å². The number of nitrogens with two attached hydrogens (primary N) is 1. The fourth-order valence-electron chi connectivity index (χ4n) is 0.910. The molecule has 68 valence electrons. The number of sulfone groups is 1. The number of aryl methyl sites for hydroxylation is 1. The van der Waals surface area contributed by atoms with Gasteiger partial charge in [0.15, 0.2) is 14.9 Å². The van der Waals surface area contributed by atoms with Crippen LogP contribution in [0.4, 0.5) is 5.82 Å². The zero-order chi connectivity index (χ0) is 9.35. The summed E-state index contributed by atoms with van der Waals surface area (Å²) < 4.78 is 23.9. The van der Waals surface area contributed by atoms with Crippen LogP contribution in [0.3, 0.4) is 0 Å². The third-order valence-corrected chi connectivity index (χ3v) is 3.33. The third kappa shape index (κ3) is 1.42. The summed E-state index contributed by atoms with van der Waals surface area (Å²) in [7, 11) is -1.63. The van der Waals surface area contributed by atoms with E-state index in [-0.39, 0.29) is 16.6 Å². The smallest absolute Gasteiger partial charge is 0.195 e. The topological polar surface area (TPSA) is 78.0 Å². The molecule has 0 spiro atoms. The number of hydrogen-bond acceptors (Lipinski definition) is 4. The minimum atomic E-state index is -3.19. The standard InChI is InChI=1S/C6H11N3O2S/c1-3-12(10,11)6-4-5(7)8-9(6)2/h4H,3H2,1-2H3,(H2,7,8). The van der Waals surface area contributed by atoms with Crippen LogP contribution in [-0.4, -0.2) is 24.0 Å². The lowest BCUT2D eigenvalue weighted by Gasteiger charge is -1.99. The fourth-order valence-corrected chi connectivity index (χ4v) is 1.95. The predicted octanol–water partition coefficient (Wildman–Crippen LogP) is -0.204. The molecule has 0 aliphatic carbocycles. The van der Waals surface area contributed by atoms with Crippen molar-refractivity contribution in [1.82, 2.24) is 9.78 Å². The van der Waals surface area contributed by atoms with Crippen LogP contribution in [0.15, 0.2) is 11.1 Å². The molecule has 0 saturated carbocycles. The average Bonchev–Trinajstić information content (AvgIpc) is 2.31. The lowest BCUT2D eigenvalue weighted by atomic mass is 10.7. The van der Waals surface area contributed by atoms with E-state index in [0.29, 0.717) is 0 Å². The van der Waals surface area contributed by atoms with Crippen molar-refractivity contribution >= 4 is 15.7 Å². The molecule has 0 saturated heterocycles. The Morgan fingerprint density at radius 1 is 1.67 bits per heavy atom. The first kappa shape index (κ1) is 9.05. The first-order valence-electron chi connectivity index (χ1n) is 3.49. The van der Waals surface area contributed by atoms with Crippen LogP contribution in [0.1, 0.15) is 6.92 Å². The Balaban J connectivity index is 3.29. The molecule has 1 rings (SSSR count). The lowest BCUT2D eigenvalue weighted by Crippen LogP contribution is -2.09. The number of aromatic nitrogens is 2. The van der Waals surface area contributed by atoms with Crippen LogP contribution in [0.25, 0.3) is 0 Å². The van der Waals surface area contributed by atoms with E-state index >= 15 is 0 Å². The number of nitrogens with zero attached hydrogens (tertiary/aromatic N) is 2. The summed E-state index contributed by atoms with van der Waals surface area (Å²) in [5.74, 6) is 0.288. The Kier molecular flexibility index (Phi) is 2.10. The van der Waals surface area contributed by atoms with Crippen LogP contribution in [0, 0.1) is 0 Å². The molecule has 0 atom stereocenters. The van der Waals surface area contributed by atoms with Gasteiger partial charge >= 0.3 is 0 Å². The summed E-state index contributed by atoms with van der Waals surface area (Å²) in [6.07, 6.45) is 0. The molecule has 2 N–H and O–H groups in total. The van der Waals surface area contributed by atoms with Crippen molar-refractivity contribution in [2.45, 2.75) is 11.9 Å². The van der Waals surface area contributed by atoms with E-state index in [0.717, 1.165) is 0 Å². The zero-order valence-corrected chi connectivity index (χ0v) is 7.80. The maximum Gasteiger partial charge on any atom is 0.195 e. The second-order valence-electron chi connectivity index (χ2n) is 2.43. The van der Waals surface area contributed by atoms with Crippen molar-refractivity contribution in [2.24, 2.45) is 7.05 Å². The highest BCUT2D eigenvalue weighted by Crippen LogP contribution is 2.12. The number of rotatable bonds is 2. The molecule has 12 heavy (non-hydrogen) atoms. The SMILES string of the molecule is CCS(=O)(=O)c1cc(N)nn1C. The van der Waals surface area contributed by atoms with E-state index in [9.17, 15) is 8.42 Å². The van der Waals surface area contributed by atoms with E-state index in [1.165, 1.54) is 10.7 Å². The van der Waals surface area contributed by atoms with Gasteiger partial charge in [0.1, 0.15) is 5.82 Å². The van der Waals surface area contributed by atoms with E-state index in [1.807, 2.05) is 0 Å². The molecule has 1 aromatic rings.